The molecule has 0 unspecified atom stereocenters. The van der Waals surface area contributed by atoms with Crippen molar-refractivity contribution in [2.75, 3.05) is 38.7 Å². The van der Waals surface area contributed by atoms with Gasteiger partial charge >= 0.3 is 6.18 Å². The highest BCUT2D eigenvalue weighted by atomic mass is 19.4. The van der Waals surface area contributed by atoms with Crippen molar-refractivity contribution in [3.05, 3.63) is 53.1 Å². The molecular weight excluding hydrogens is 407 g/mol. The van der Waals surface area contributed by atoms with Crippen LogP contribution in [0.5, 0.6) is 11.5 Å². The zero-order valence-corrected chi connectivity index (χ0v) is 17.6. The summed E-state index contributed by atoms with van der Waals surface area (Å²) in [7, 11) is 1.97. The molecule has 3 rings (SSSR count). The number of benzene rings is 2. The second kappa shape index (κ2) is 9.92. The molecule has 2 aromatic rings. The summed E-state index contributed by atoms with van der Waals surface area (Å²) >= 11 is 0. The summed E-state index contributed by atoms with van der Waals surface area (Å²) in [6.07, 6.45) is -2.70. The Morgan fingerprint density at radius 3 is 2.58 bits per heavy atom. The van der Waals surface area contributed by atoms with Crippen LogP contribution < -0.4 is 14.8 Å². The van der Waals surface area contributed by atoms with Crippen LogP contribution in [0.25, 0.3) is 0 Å². The molecule has 5 nitrogen and oxygen atoms in total. The standard InChI is InChI=1S/C23H26F3N3O2/c1-16(11-17-12-18-7-8-28-22(18)19(13-17)14-27)29(2)9-10-30-20-5-3-4-6-21(20)31-15-23(24,25)26/h3-6,12-13,16,28H,7-11,15H2,1-2H3/t16-/m1/s1. The minimum Gasteiger partial charge on any atom is -0.488 e. The van der Waals surface area contributed by atoms with E-state index in [1.54, 1.807) is 18.2 Å². The maximum atomic E-state index is 12.4. The first-order valence-corrected chi connectivity index (χ1v) is 10.2. The molecule has 0 aliphatic carbocycles. The number of halogens is 3. The first kappa shape index (κ1) is 22.8. The van der Waals surface area contributed by atoms with Crippen molar-refractivity contribution in [3.8, 4) is 17.6 Å². The molecule has 0 bridgehead atoms. The van der Waals surface area contributed by atoms with Crippen molar-refractivity contribution in [2.45, 2.75) is 32.0 Å². The molecule has 0 saturated heterocycles. The first-order chi connectivity index (χ1) is 14.8. The highest BCUT2D eigenvalue weighted by Gasteiger charge is 2.29. The molecular formula is C23H26F3N3O2. The van der Waals surface area contributed by atoms with Crippen LogP contribution in [-0.4, -0.2) is 50.5 Å². The molecule has 0 radical (unpaired) electrons. The fraction of sp³-hybridized carbons (Fsp3) is 0.435. The van der Waals surface area contributed by atoms with E-state index in [0.717, 1.165) is 30.6 Å². The van der Waals surface area contributed by atoms with Crippen molar-refractivity contribution < 1.29 is 22.6 Å². The van der Waals surface area contributed by atoms with Crippen molar-refractivity contribution in [1.29, 1.82) is 5.26 Å². The zero-order chi connectivity index (χ0) is 22.4. The van der Waals surface area contributed by atoms with Crippen molar-refractivity contribution in [2.24, 2.45) is 0 Å². The lowest BCUT2D eigenvalue weighted by atomic mass is 9.99. The summed E-state index contributed by atoms with van der Waals surface area (Å²) in [5, 5.41) is 12.7. The van der Waals surface area contributed by atoms with E-state index in [1.165, 1.54) is 11.6 Å². The van der Waals surface area contributed by atoms with E-state index in [0.29, 0.717) is 18.7 Å². The van der Waals surface area contributed by atoms with Gasteiger partial charge in [-0.25, -0.2) is 0 Å². The van der Waals surface area contributed by atoms with E-state index in [4.69, 9.17) is 9.47 Å². The van der Waals surface area contributed by atoms with Gasteiger partial charge in [0.05, 0.1) is 11.3 Å². The average molecular weight is 433 g/mol. The zero-order valence-electron chi connectivity index (χ0n) is 17.6. The number of nitriles is 1. The third kappa shape index (κ3) is 6.28. The van der Waals surface area contributed by atoms with Crippen LogP contribution in [-0.2, 0) is 12.8 Å². The van der Waals surface area contributed by atoms with E-state index in [2.05, 4.69) is 29.3 Å². The number of likely N-dealkylation sites (N-methyl/N-ethyl adjacent to an activating group) is 1. The Kier molecular flexibility index (Phi) is 7.29. The van der Waals surface area contributed by atoms with Crippen molar-refractivity contribution in [3.63, 3.8) is 0 Å². The fourth-order valence-electron chi connectivity index (χ4n) is 3.57. The molecule has 0 fully saturated rings. The fourth-order valence-corrected chi connectivity index (χ4v) is 3.57. The van der Waals surface area contributed by atoms with Crippen LogP contribution in [0.2, 0.25) is 0 Å². The predicted molar refractivity (Wildman–Crippen MR) is 113 cm³/mol. The molecule has 0 amide bonds. The normalized spacial score (nSPS) is 14.0. The van der Waals surface area contributed by atoms with E-state index in [1.807, 2.05) is 13.1 Å². The van der Waals surface area contributed by atoms with Crippen LogP contribution >= 0.6 is 0 Å². The largest absolute Gasteiger partial charge is 0.488 e. The number of fused-ring (bicyclic) bond motifs is 1. The van der Waals surface area contributed by atoms with Crippen LogP contribution in [0.1, 0.15) is 23.6 Å². The smallest absolute Gasteiger partial charge is 0.422 e. The minimum atomic E-state index is -4.40. The highest BCUT2D eigenvalue weighted by molar-refractivity contribution is 5.66. The number of anilines is 1. The summed E-state index contributed by atoms with van der Waals surface area (Å²) in [6.45, 7) is 2.49. The Labute approximate surface area is 180 Å². The van der Waals surface area contributed by atoms with Gasteiger partial charge in [0.15, 0.2) is 18.1 Å². The molecule has 1 N–H and O–H groups in total. The van der Waals surface area contributed by atoms with Gasteiger partial charge in [0, 0.05) is 19.1 Å². The monoisotopic (exact) mass is 433 g/mol. The number of nitrogens with one attached hydrogen (secondary N) is 1. The maximum Gasteiger partial charge on any atom is 0.422 e. The van der Waals surface area contributed by atoms with Crippen molar-refractivity contribution >= 4 is 5.69 Å². The van der Waals surface area contributed by atoms with Gasteiger partial charge in [-0.3, -0.25) is 4.90 Å². The number of hydrogen-bond donors (Lipinski definition) is 1. The van der Waals surface area contributed by atoms with Gasteiger partial charge in [-0.05, 0) is 56.1 Å². The molecule has 1 aliphatic heterocycles. The Morgan fingerprint density at radius 2 is 1.90 bits per heavy atom. The SMILES string of the molecule is C[C@H](Cc1cc(C#N)c2c(c1)CCN2)N(C)CCOc1ccccc1OCC(F)(F)F. The van der Waals surface area contributed by atoms with E-state index >= 15 is 0 Å². The number of nitrogens with zero attached hydrogens (tertiary/aromatic N) is 2. The Balaban J connectivity index is 1.53. The van der Waals surface area contributed by atoms with Gasteiger partial charge in [-0.2, -0.15) is 18.4 Å². The molecule has 2 aromatic carbocycles. The Bertz CT molecular complexity index is 941. The third-order valence-corrected chi connectivity index (χ3v) is 5.32. The molecule has 166 valence electrons. The summed E-state index contributed by atoms with van der Waals surface area (Å²) in [6, 6.07) is 12.9. The number of para-hydroxylation sites is 2. The molecule has 0 spiro atoms. The van der Waals surface area contributed by atoms with E-state index < -0.39 is 12.8 Å². The molecule has 1 aliphatic rings. The topological polar surface area (TPSA) is 57.5 Å². The molecule has 8 heteroatoms. The molecule has 0 aromatic heterocycles. The van der Waals surface area contributed by atoms with E-state index in [-0.39, 0.29) is 17.5 Å². The van der Waals surface area contributed by atoms with E-state index in [9.17, 15) is 18.4 Å². The minimum absolute atomic E-state index is 0.0753. The summed E-state index contributed by atoms with van der Waals surface area (Å²) in [5.74, 6) is 0.365. The van der Waals surface area contributed by atoms with Gasteiger partial charge < -0.3 is 14.8 Å². The summed E-state index contributed by atoms with van der Waals surface area (Å²) < 4.78 is 47.8. The van der Waals surface area contributed by atoms with Gasteiger partial charge in [0.25, 0.3) is 0 Å². The predicted octanol–water partition coefficient (Wildman–Crippen LogP) is 4.41. The molecule has 1 heterocycles. The highest BCUT2D eigenvalue weighted by Crippen LogP contribution is 2.29. The van der Waals surface area contributed by atoms with Crippen LogP contribution in [0, 0.1) is 11.3 Å². The number of ether oxygens (including phenoxy) is 2. The van der Waals surface area contributed by atoms with Gasteiger partial charge in [0.1, 0.15) is 12.7 Å². The lowest BCUT2D eigenvalue weighted by molar-refractivity contribution is -0.153. The quantitative estimate of drug-likeness (QED) is 0.635. The lowest BCUT2D eigenvalue weighted by Crippen LogP contribution is -2.34. The van der Waals surface area contributed by atoms with Gasteiger partial charge in [0.2, 0.25) is 0 Å². The van der Waals surface area contributed by atoms with Crippen LogP contribution in [0.3, 0.4) is 0 Å². The van der Waals surface area contributed by atoms with Crippen molar-refractivity contribution in [1.82, 2.24) is 4.90 Å². The second-order valence-corrected chi connectivity index (χ2v) is 7.70. The second-order valence-electron chi connectivity index (χ2n) is 7.70. The number of rotatable bonds is 9. The Hall–Kier alpha value is -2.92. The van der Waals surface area contributed by atoms with Gasteiger partial charge in [-0.1, -0.05) is 18.2 Å². The van der Waals surface area contributed by atoms with Crippen LogP contribution in [0.4, 0.5) is 18.9 Å². The average Bonchev–Trinajstić information content (AvgIpc) is 3.20. The van der Waals surface area contributed by atoms with Gasteiger partial charge in [-0.15, -0.1) is 0 Å². The third-order valence-electron chi connectivity index (χ3n) is 5.32. The summed E-state index contributed by atoms with van der Waals surface area (Å²) in [4.78, 5) is 2.12. The first-order valence-electron chi connectivity index (χ1n) is 10.2. The maximum absolute atomic E-state index is 12.4. The number of alkyl halides is 3. The lowest BCUT2D eigenvalue weighted by Gasteiger charge is -2.25. The summed E-state index contributed by atoms with van der Waals surface area (Å²) in [5.41, 5.74) is 3.93. The molecule has 1 atom stereocenters. The number of hydrogen-bond acceptors (Lipinski definition) is 5. The Morgan fingerprint density at radius 1 is 1.19 bits per heavy atom. The van der Waals surface area contributed by atoms with Crippen LogP contribution in [0.15, 0.2) is 36.4 Å². The molecule has 0 saturated carbocycles. The molecule has 31 heavy (non-hydrogen) atoms.